The third-order valence-corrected chi connectivity index (χ3v) is 4.27. The zero-order valence-corrected chi connectivity index (χ0v) is 13.0. The van der Waals surface area contributed by atoms with E-state index in [2.05, 4.69) is 44.0 Å². The van der Waals surface area contributed by atoms with Crippen LogP contribution >= 0.6 is 0 Å². The topological polar surface area (TPSA) is 28.2 Å². The summed E-state index contributed by atoms with van der Waals surface area (Å²) in [5, 5.41) is 3.28. The van der Waals surface area contributed by atoms with Gasteiger partial charge in [0.15, 0.2) is 0 Å². The summed E-state index contributed by atoms with van der Waals surface area (Å²) < 4.78 is 0. The van der Waals surface area contributed by atoms with Gasteiger partial charge in [-0.25, -0.2) is 4.98 Å². The van der Waals surface area contributed by atoms with Gasteiger partial charge in [0.2, 0.25) is 0 Å². The minimum absolute atomic E-state index is 0.767. The van der Waals surface area contributed by atoms with E-state index in [9.17, 15) is 0 Å². The minimum atomic E-state index is 0.767. The van der Waals surface area contributed by atoms with Crippen LogP contribution in [-0.4, -0.2) is 25.1 Å². The fraction of sp³-hybridized carbons (Fsp3) is 0.688. The van der Waals surface area contributed by atoms with Crippen molar-refractivity contribution in [2.75, 3.05) is 25.0 Å². The van der Waals surface area contributed by atoms with E-state index in [1.165, 1.54) is 23.4 Å². The van der Waals surface area contributed by atoms with Crippen molar-refractivity contribution >= 4 is 5.82 Å². The normalized spacial score (nSPS) is 19.5. The Morgan fingerprint density at radius 2 is 2.16 bits per heavy atom. The average Bonchev–Trinajstić information content (AvgIpc) is 2.81. The van der Waals surface area contributed by atoms with Gasteiger partial charge in [0.05, 0.1) is 0 Å². The van der Waals surface area contributed by atoms with Crippen molar-refractivity contribution in [1.82, 2.24) is 10.3 Å². The second-order valence-corrected chi connectivity index (χ2v) is 6.15. The van der Waals surface area contributed by atoms with E-state index >= 15 is 0 Å². The molecule has 1 aromatic rings. The maximum atomic E-state index is 4.81. The van der Waals surface area contributed by atoms with Crippen LogP contribution in [0, 0.1) is 25.7 Å². The molecule has 1 unspecified atom stereocenters. The molecule has 19 heavy (non-hydrogen) atoms. The van der Waals surface area contributed by atoms with Crippen molar-refractivity contribution in [3.63, 3.8) is 0 Å². The lowest BCUT2D eigenvalue weighted by molar-refractivity contribution is 0.422. The lowest BCUT2D eigenvalue weighted by atomic mass is 9.95. The Bertz CT molecular complexity index is 440. The second kappa shape index (κ2) is 5.91. The molecule has 1 aromatic heterocycles. The van der Waals surface area contributed by atoms with Crippen LogP contribution in [0.15, 0.2) is 6.07 Å². The quantitative estimate of drug-likeness (QED) is 0.903. The summed E-state index contributed by atoms with van der Waals surface area (Å²) >= 11 is 0. The second-order valence-electron chi connectivity index (χ2n) is 6.15. The Kier molecular flexibility index (Phi) is 4.46. The maximum absolute atomic E-state index is 4.81. The summed E-state index contributed by atoms with van der Waals surface area (Å²) in [5.74, 6) is 2.78. The van der Waals surface area contributed by atoms with Crippen molar-refractivity contribution < 1.29 is 0 Å². The third-order valence-electron chi connectivity index (χ3n) is 4.27. The average molecular weight is 261 g/mol. The van der Waals surface area contributed by atoms with Crippen LogP contribution < -0.4 is 10.2 Å². The summed E-state index contributed by atoms with van der Waals surface area (Å²) in [6, 6.07) is 2.19. The molecule has 1 aliphatic heterocycles. The van der Waals surface area contributed by atoms with Crippen LogP contribution in [0.3, 0.4) is 0 Å². The minimum Gasteiger partial charge on any atom is -0.356 e. The summed E-state index contributed by atoms with van der Waals surface area (Å²) in [7, 11) is 2.00. The predicted molar refractivity (Wildman–Crippen MR) is 81.6 cm³/mol. The molecule has 1 atom stereocenters. The summed E-state index contributed by atoms with van der Waals surface area (Å²) in [4.78, 5) is 7.30. The molecule has 0 bridgehead atoms. The number of pyridine rings is 1. The summed E-state index contributed by atoms with van der Waals surface area (Å²) in [6.07, 6.45) is 1.30. The van der Waals surface area contributed by atoms with E-state index in [0.717, 1.165) is 37.2 Å². The molecular weight excluding hydrogens is 234 g/mol. The fourth-order valence-corrected chi connectivity index (χ4v) is 3.02. The Balaban J connectivity index is 2.28. The van der Waals surface area contributed by atoms with Crippen molar-refractivity contribution in [2.45, 2.75) is 40.7 Å². The monoisotopic (exact) mass is 261 g/mol. The fourth-order valence-electron chi connectivity index (χ4n) is 3.02. The molecule has 2 heterocycles. The molecule has 2 rings (SSSR count). The van der Waals surface area contributed by atoms with Gasteiger partial charge in [0.25, 0.3) is 0 Å². The van der Waals surface area contributed by atoms with Gasteiger partial charge in [-0.3, -0.25) is 0 Å². The molecule has 0 aromatic carbocycles. The molecule has 0 radical (unpaired) electrons. The first-order chi connectivity index (χ1) is 9.02. The Hall–Kier alpha value is -1.09. The van der Waals surface area contributed by atoms with E-state index < -0.39 is 0 Å². The molecule has 0 amide bonds. The molecule has 3 heteroatoms. The van der Waals surface area contributed by atoms with Gasteiger partial charge in [-0.2, -0.15) is 0 Å². The maximum Gasteiger partial charge on any atom is 0.133 e. The summed E-state index contributed by atoms with van der Waals surface area (Å²) in [5.41, 5.74) is 3.84. The van der Waals surface area contributed by atoms with Crippen LogP contribution in [-0.2, 0) is 6.54 Å². The zero-order valence-electron chi connectivity index (χ0n) is 13.0. The van der Waals surface area contributed by atoms with Crippen molar-refractivity contribution in [3.8, 4) is 0 Å². The van der Waals surface area contributed by atoms with Gasteiger partial charge < -0.3 is 10.2 Å². The first kappa shape index (κ1) is 14.3. The number of nitrogens with one attached hydrogen (secondary N) is 1. The number of anilines is 1. The number of aromatic nitrogens is 1. The predicted octanol–water partition coefficient (Wildman–Crippen LogP) is 2.90. The van der Waals surface area contributed by atoms with Gasteiger partial charge in [-0.15, -0.1) is 0 Å². The molecule has 0 spiro atoms. The number of rotatable bonds is 4. The highest BCUT2D eigenvalue weighted by atomic mass is 15.2. The first-order valence-electron chi connectivity index (χ1n) is 7.39. The standard InChI is InChI=1S/C16H27N3/c1-11(2)14-6-7-19(10-14)16-15(9-17-5)12(3)8-13(4)18-16/h8,11,14,17H,6-7,9-10H2,1-5H3. The van der Waals surface area contributed by atoms with Gasteiger partial charge in [-0.1, -0.05) is 13.8 Å². The number of hydrogen-bond acceptors (Lipinski definition) is 3. The van der Waals surface area contributed by atoms with Gasteiger partial charge in [0.1, 0.15) is 5.82 Å². The largest absolute Gasteiger partial charge is 0.356 e. The van der Waals surface area contributed by atoms with Crippen molar-refractivity contribution in [3.05, 3.63) is 22.9 Å². The van der Waals surface area contributed by atoms with Crippen LogP contribution in [0.2, 0.25) is 0 Å². The molecule has 1 saturated heterocycles. The van der Waals surface area contributed by atoms with E-state index in [1.54, 1.807) is 0 Å². The number of aryl methyl sites for hydroxylation is 2. The molecule has 0 aliphatic carbocycles. The highest BCUT2D eigenvalue weighted by molar-refractivity contribution is 5.52. The number of nitrogens with zero attached hydrogens (tertiary/aromatic N) is 2. The zero-order chi connectivity index (χ0) is 14.0. The van der Waals surface area contributed by atoms with Gasteiger partial charge >= 0.3 is 0 Å². The molecule has 1 aliphatic rings. The molecule has 3 nitrogen and oxygen atoms in total. The van der Waals surface area contributed by atoms with E-state index in [1.807, 2.05) is 7.05 Å². The van der Waals surface area contributed by atoms with Crippen LogP contribution in [0.5, 0.6) is 0 Å². The molecular formula is C16H27N3. The van der Waals surface area contributed by atoms with Gasteiger partial charge in [-0.05, 0) is 50.8 Å². The summed E-state index contributed by atoms with van der Waals surface area (Å²) in [6.45, 7) is 12.2. The SMILES string of the molecule is CNCc1c(C)cc(C)nc1N1CCC(C(C)C)C1. The highest BCUT2D eigenvalue weighted by Gasteiger charge is 2.27. The lowest BCUT2D eigenvalue weighted by Crippen LogP contribution is -2.25. The first-order valence-corrected chi connectivity index (χ1v) is 7.39. The Morgan fingerprint density at radius 3 is 2.74 bits per heavy atom. The van der Waals surface area contributed by atoms with Crippen molar-refractivity contribution in [1.29, 1.82) is 0 Å². The molecule has 1 fully saturated rings. The van der Waals surface area contributed by atoms with Crippen LogP contribution in [0.1, 0.15) is 37.1 Å². The molecule has 0 saturated carbocycles. The van der Waals surface area contributed by atoms with E-state index in [-0.39, 0.29) is 0 Å². The lowest BCUT2D eigenvalue weighted by Gasteiger charge is -2.23. The third kappa shape index (κ3) is 3.08. The molecule has 106 valence electrons. The van der Waals surface area contributed by atoms with Crippen LogP contribution in [0.25, 0.3) is 0 Å². The van der Waals surface area contributed by atoms with Crippen LogP contribution in [0.4, 0.5) is 5.82 Å². The van der Waals surface area contributed by atoms with Gasteiger partial charge in [0, 0.05) is 30.9 Å². The number of hydrogen-bond donors (Lipinski definition) is 1. The van der Waals surface area contributed by atoms with E-state index in [4.69, 9.17) is 4.98 Å². The molecule has 1 N–H and O–H groups in total. The van der Waals surface area contributed by atoms with E-state index in [0.29, 0.717) is 0 Å². The smallest absolute Gasteiger partial charge is 0.133 e. The Labute approximate surface area is 117 Å². The Morgan fingerprint density at radius 1 is 1.42 bits per heavy atom. The highest BCUT2D eigenvalue weighted by Crippen LogP contribution is 2.30. The van der Waals surface area contributed by atoms with Crippen molar-refractivity contribution in [2.24, 2.45) is 11.8 Å².